The normalized spacial score (nSPS) is 16.4. The molecule has 1 fully saturated rings. The van der Waals surface area contributed by atoms with Gasteiger partial charge in [-0.25, -0.2) is 0 Å². The summed E-state index contributed by atoms with van der Waals surface area (Å²) in [5, 5.41) is 19.2. The average Bonchev–Trinajstić information content (AvgIpc) is 3.21. The van der Waals surface area contributed by atoms with E-state index in [1.807, 2.05) is 18.2 Å². The number of ether oxygens (including phenoxy) is 2. The van der Waals surface area contributed by atoms with Crippen LogP contribution in [0.15, 0.2) is 28.4 Å². The smallest absolute Gasteiger partial charge is 0.305 e. The van der Waals surface area contributed by atoms with Gasteiger partial charge in [-0.05, 0) is 36.6 Å². The maximum absolute atomic E-state index is 11.8. The van der Waals surface area contributed by atoms with Crippen LogP contribution in [0.5, 0.6) is 11.5 Å². The Labute approximate surface area is 225 Å². The molecule has 2 N–H and O–H groups in total. The van der Waals surface area contributed by atoms with Crippen LogP contribution in [0.25, 0.3) is 0 Å². The number of carbonyl (C=O) groups is 2. The fourth-order valence-corrected chi connectivity index (χ4v) is 4.77. The second-order valence-corrected chi connectivity index (χ2v) is 10.5. The van der Waals surface area contributed by atoms with Gasteiger partial charge in [0, 0.05) is 0 Å². The van der Waals surface area contributed by atoms with Crippen molar-refractivity contribution >= 4 is 35.0 Å². The number of hydrogen-bond acceptors (Lipinski definition) is 7. The molecular weight excluding hydrogens is 490 g/mol. The Morgan fingerprint density at radius 1 is 0.946 bits per heavy atom. The summed E-state index contributed by atoms with van der Waals surface area (Å²) in [6, 6.07) is 5.69. The number of nitrogens with zero attached hydrogens (tertiary/aromatic N) is 2. The van der Waals surface area contributed by atoms with Crippen molar-refractivity contribution in [3.05, 3.63) is 23.8 Å². The minimum absolute atomic E-state index is 0.251. The maximum Gasteiger partial charge on any atom is 0.305 e. The van der Waals surface area contributed by atoms with Crippen molar-refractivity contribution in [2.45, 2.75) is 103 Å². The Bertz CT molecular complexity index is 891. The zero-order valence-electron chi connectivity index (χ0n) is 22.4. The van der Waals surface area contributed by atoms with Crippen molar-refractivity contribution in [1.82, 2.24) is 5.32 Å². The SMILES string of the molecule is CCCCCCCCOc1ccc(C=NN=C2NC(=O)C(CC(=O)O)S2)cc1OCCCCCCCC. The monoisotopic (exact) mass is 533 g/mol. The lowest BCUT2D eigenvalue weighted by atomic mass is 10.1. The van der Waals surface area contributed by atoms with Gasteiger partial charge in [-0.1, -0.05) is 89.8 Å². The Morgan fingerprint density at radius 2 is 1.54 bits per heavy atom. The molecular formula is C28H43N3O5S. The first kappa shape index (κ1) is 30.7. The molecule has 1 aromatic rings. The Hall–Kier alpha value is -2.55. The fourth-order valence-electron chi connectivity index (χ4n) is 3.86. The molecule has 0 bridgehead atoms. The lowest BCUT2D eigenvalue weighted by Gasteiger charge is -2.13. The number of carbonyl (C=O) groups excluding carboxylic acids is 1. The quantitative estimate of drug-likeness (QED) is 0.112. The zero-order valence-corrected chi connectivity index (χ0v) is 23.2. The van der Waals surface area contributed by atoms with Crippen molar-refractivity contribution in [2.24, 2.45) is 10.2 Å². The van der Waals surface area contributed by atoms with E-state index in [9.17, 15) is 9.59 Å². The minimum atomic E-state index is -1.02. The first-order valence-electron chi connectivity index (χ1n) is 13.7. The van der Waals surface area contributed by atoms with Gasteiger partial charge >= 0.3 is 5.97 Å². The summed E-state index contributed by atoms with van der Waals surface area (Å²) >= 11 is 1.08. The number of hydrogen-bond donors (Lipinski definition) is 2. The molecule has 1 aliphatic rings. The molecule has 1 unspecified atom stereocenters. The van der Waals surface area contributed by atoms with Crippen molar-refractivity contribution in [3.63, 3.8) is 0 Å². The third-order valence-corrected chi connectivity index (χ3v) is 7.04. The number of rotatable bonds is 20. The van der Waals surface area contributed by atoms with Gasteiger partial charge in [0.15, 0.2) is 16.7 Å². The van der Waals surface area contributed by atoms with Crippen LogP contribution < -0.4 is 14.8 Å². The summed E-state index contributed by atoms with van der Waals surface area (Å²) in [7, 11) is 0. The first-order chi connectivity index (χ1) is 18.0. The molecule has 9 heteroatoms. The second-order valence-electron chi connectivity index (χ2n) is 9.28. The van der Waals surface area contributed by atoms with E-state index in [1.54, 1.807) is 6.21 Å². The highest BCUT2D eigenvalue weighted by atomic mass is 32.2. The molecule has 1 heterocycles. The summed E-state index contributed by atoms with van der Waals surface area (Å²) in [6.07, 6.45) is 15.8. The molecule has 0 saturated carbocycles. The van der Waals surface area contributed by atoms with Gasteiger partial charge in [0.25, 0.3) is 0 Å². The van der Waals surface area contributed by atoms with E-state index in [-0.39, 0.29) is 12.3 Å². The summed E-state index contributed by atoms with van der Waals surface area (Å²) in [4.78, 5) is 22.7. The van der Waals surface area contributed by atoms with Gasteiger partial charge in [-0.15, -0.1) is 5.10 Å². The highest BCUT2D eigenvalue weighted by Crippen LogP contribution is 2.29. The van der Waals surface area contributed by atoms with Gasteiger partial charge in [-0.2, -0.15) is 5.10 Å². The van der Waals surface area contributed by atoms with Crippen molar-refractivity contribution in [3.8, 4) is 11.5 Å². The number of carboxylic acid groups (broad SMARTS) is 1. The van der Waals surface area contributed by atoms with E-state index in [2.05, 4.69) is 29.4 Å². The van der Waals surface area contributed by atoms with Crippen LogP contribution >= 0.6 is 11.8 Å². The lowest BCUT2D eigenvalue weighted by Crippen LogP contribution is -2.26. The molecule has 8 nitrogen and oxygen atoms in total. The van der Waals surface area contributed by atoms with Crippen LogP contribution in [0, 0.1) is 0 Å². The standard InChI is InChI=1S/C28H43N3O5S/c1-3-5-7-9-11-13-17-35-23-16-15-22(19-24(23)36-18-14-12-10-8-6-4-2)21-29-31-28-30-27(34)25(37-28)20-26(32)33/h15-16,19,21,25H,3-14,17-18,20H2,1-2H3,(H,32,33)(H,30,31,34). The molecule has 37 heavy (non-hydrogen) atoms. The largest absolute Gasteiger partial charge is 0.490 e. The predicted octanol–water partition coefficient (Wildman–Crippen LogP) is 6.56. The van der Waals surface area contributed by atoms with E-state index in [0.29, 0.717) is 24.1 Å². The second kappa shape index (κ2) is 18.7. The summed E-state index contributed by atoms with van der Waals surface area (Å²) in [5.74, 6) is 0.0441. The lowest BCUT2D eigenvalue weighted by molar-refractivity contribution is -0.138. The number of aliphatic carboxylic acids is 1. The van der Waals surface area contributed by atoms with Crippen LogP contribution in [0.2, 0.25) is 0 Å². The Morgan fingerprint density at radius 3 is 2.16 bits per heavy atom. The first-order valence-corrected chi connectivity index (χ1v) is 14.6. The van der Waals surface area contributed by atoms with Gasteiger partial charge < -0.3 is 19.9 Å². The topological polar surface area (TPSA) is 110 Å². The van der Waals surface area contributed by atoms with Crippen molar-refractivity contribution < 1.29 is 24.2 Å². The summed E-state index contributed by atoms with van der Waals surface area (Å²) < 4.78 is 12.2. The highest BCUT2D eigenvalue weighted by Gasteiger charge is 2.32. The molecule has 1 aromatic carbocycles. The number of amidine groups is 1. The van der Waals surface area contributed by atoms with E-state index >= 15 is 0 Å². The summed E-state index contributed by atoms with van der Waals surface area (Å²) in [6.45, 7) is 5.74. The molecule has 0 aliphatic carbocycles. The molecule has 0 spiro atoms. The zero-order chi connectivity index (χ0) is 26.7. The van der Waals surface area contributed by atoms with Crippen LogP contribution in [0.4, 0.5) is 0 Å². The van der Waals surface area contributed by atoms with Crippen molar-refractivity contribution in [2.75, 3.05) is 13.2 Å². The van der Waals surface area contributed by atoms with Gasteiger partial charge in [0.05, 0.1) is 25.8 Å². The van der Waals surface area contributed by atoms with Gasteiger partial charge in [0.1, 0.15) is 5.25 Å². The van der Waals surface area contributed by atoms with Crippen LogP contribution in [-0.2, 0) is 9.59 Å². The fraction of sp³-hybridized carbons (Fsp3) is 0.643. The number of unbranched alkanes of at least 4 members (excludes halogenated alkanes) is 10. The highest BCUT2D eigenvalue weighted by molar-refractivity contribution is 8.15. The number of benzene rings is 1. The van der Waals surface area contributed by atoms with Crippen LogP contribution in [0.3, 0.4) is 0 Å². The average molecular weight is 534 g/mol. The molecule has 0 aromatic heterocycles. The molecule has 2 rings (SSSR count). The van der Waals surface area contributed by atoms with Crippen LogP contribution in [0.1, 0.15) is 103 Å². The molecule has 1 atom stereocenters. The third-order valence-electron chi connectivity index (χ3n) is 5.97. The van der Waals surface area contributed by atoms with Gasteiger partial charge in [-0.3, -0.25) is 9.59 Å². The predicted molar refractivity (Wildman–Crippen MR) is 151 cm³/mol. The number of amides is 1. The number of thioether (sulfide) groups is 1. The molecule has 1 aliphatic heterocycles. The molecule has 1 amide bonds. The molecule has 206 valence electrons. The van der Waals surface area contributed by atoms with E-state index < -0.39 is 11.2 Å². The minimum Gasteiger partial charge on any atom is -0.490 e. The van der Waals surface area contributed by atoms with E-state index in [1.165, 1.54) is 57.8 Å². The van der Waals surface area contributed by atoms with Crippen molar-refractivity contribution in [1.29, 1.82) is 0 Å². The Kier molecular flexibility index (Phi) is 15.5. The summed E-state index contributed by atoms with van der Waals surface area (Å²) in [5.41, 5.74) is 0.797. The Balaban J connectivity index is 1.93. The third kappa shape index (κ3) is 13.0. The van der Waals surface area contributed by atoms with Gasteiger partial charge in [0.2, 0.25) is 5.91 Å². The maximum atomic E-state index is 11.8. The molecule has 1 saturated heterocycles. The number of carboxylic acids is 1. The van der Waals surface area contributed by atoms with Crippen LogP contribution in [-0.4, -0.2) is 46.8 Å². The number of nitrogens with one attached hydrogen (secondary N) is 1. The van der Waals surface area contributed by atoms with E-state index in [0.717, 1.165) is 42.3 Å². The molecule has 0 radical (unpaired) electrons. The van der Waals surface area contributed by atoms with E-state index in [4.69, 9.17) is 14.6 Å².